The van der Waals surface area contributed by atoms with E-state index in [-0.39, 0.29) is 23.9 Å². The van der Waals surface area contributed by atoms with E-state index in [2.05, 4.69) is 0 Å². The fraction of sp³-hybridized carbons (Fsp3) is 0.308. The molecule has 2 aromatic carbocycles. The molecule has 0 bridgehead atoms. The van der Waals surface area contributed by atoms with Crippen LogP contribution in [0.5, 0.6) is 5.75 Å². The standard InChI is InChI=1S/C26H27N3O5S2/c1-17-8-13-23-24(18(17)2)27-26(35-23)28(16-20-6-5-15-34-20)25(30)22-7-4-14-29(22)36(31,32)21-11-9-19(33-3)10-12-21/h5-6,8-13,15,22H,4,7,14,16H2,1-3H3. The molecule has 1 unspecified atom stereocenters. The van der Waals surface area contributed by atoms with Crippen LogP contribution in [0, 0.1) is 13.8 Å². The first-order valence-corrected chi connectivity index (χ1v) is 13.9. The van der Waals surface area contributed by atoms with Crippen LogP contribution in [-0.4, -0.2) is 43.3 Å². The summed E-state index contributed by atoms with van der Waals surface area (Å²) in [6.45, 7) is 4.48. The number of sulfonamides is 1. The molecule has 5 rings (SSSR count). The highest BCUT2D eigenvalue weighted by Crippen LogP contribution is 2.35. The molecule has 1 aliphatic rings. The van der Waals surface area contributed by atoms with E-state index in [0.29, 0.717) is 29.5 Å². The Morgan fingerprint density at radius 1 is 1.19 bits per heavy atom. The number of anilines is 1. The van der Waals surface area contributed by atoms with Crippen LogP contribution >= 0.6 is 11.3 Å². The molecule has 1 saturated heterocycles. The third-order valence-electron chi connectivity index (χ3n) is 6.62. The van der Waals surface area contributed by atoms with Crippen LogP contribution in [0.15, 0.2) is 64.1 Å². The molecule has 0 spiro atoms. The zero-order chi connectivity index (χ0) is 25.4. The second-order valence-electron chi connectivity index (χ2n) is 8.80. The Labute approximate surface area is 214 Å². The van der Waals surface area contributed by atoms with Crippen molar-refractivity contribution < 1.29 is 22.4 Å². The number of hydrogen-bond donors (Lipinski definition) is 0. The highest BCUT2D eigenvalue weighted by atomic mass is 32.2. The van der Waals surface area contributed by atoms with Crippen molar-refractivity contribution in [2.75, 3.05) is 18.6 Å². The van der Waals surface area contributed by atoms with Gasteiger partial charge in [-0.25, -0.2) is 13.4 Å². The van der Waals surface area contributed by atoms with E-state index in [1.165, 1.54) is 34.9 Å². The van der Waals surface area contributed by atoms with Gasteiger partial charge in [-0.05, 0) is 80.3 Å². The first kappa shape index (κ1) is 24.5. The van der Waals surface area contributed by atoms with Gasteiger partial charge in [-0.3, -0.25) is 9.69 Å². The van der Waals surface area contributed by atoms with Crippen molar-refractivity contribution in [2.24, 2.45) is 0 Å². The van der Waals surface area contributed by atoms with Crippen molar-refractivity contribution in [1.29, 1.82) is 0 Å². The van der Waals surface area contributed by atoms with Crippen LogP contribution < -0.4 is 9.64 Å². The van der Waals surface area contributed by atoms with Crippen molar-refractivity contribution in [2.45, 2.75) is 44.2 Å². The largest absolute Gasteiger partial charge is 0.497 e. The van der Waals surface area contributed by atoms with Crippen molar-refractivity contribution in [1.82, 2.24) is 9.29 Å². The van der Waals surface area contributed by atoms with Gasteiger partial charge < -0.3 is 9.15 Å². The van der Waals surface area contributed by atoms with Gasteiger partial charge in [0.15, 0.2) is 5.13 Å². The van der Waals surface area contributed by atoms with Gasteiger partial charge in [-0.2, -0.15) is 4.31 Å². The quantitative estimate of drug-likeness (QED) is 0.341. The lowest BCUT2D eigenvalue weighted by Crippen LogP contribution is -2.47. The number of aromatic nitrogens is 1. The minimum Gasteiger partial charge on any atom is -0.497 e. The summed E-state index contributed by atoms with van der Waals surface area (Å²) in [5, 5.41) is 0.522. The number of ether oxygens (including phenoxy) is 1. The van der Waals surface area contributed by atoms with Crippen LogP contribution in [0.1, 0.15) is 29.7 Å². The lowest BCUT2D eigenvalue weighted by molar-refractivity contribution is -0.121. The maximum atomic E-state index is 14.0. The predicted molar refractivity (Wildman–Crippen MR) is 139 cm³/mol. The topological polar surface area (TPSA) is 93.0 Å². The van der Waals surface area contributed by atoms with Crippen molar-refractivity contribution in [3.63, 3.8) is 0 Å². The van der Waals surface area contributed by atoms with Gasteiger partial charge in [0, 0.05) is 6.54 Å². The van der Waals surface area contributed by atoms with Crippen molar-refractivity contribution >= 4 is 42.6 Å². The van der Waals surface area contributed by atoms with Gasteiger partial charge in [0.1, 0.15) is 17.6 Å². The molecular formula is C26H27N3O5S2. The average Bonchev–Trinajstić information content (AvgIpc) is 3.65. The lowest BCUT2D eigenvalue weighted by Gasteiger charge is -2.28. The Morgan fingerprint density at radius 2 is 1.97 bits per heavy atom. The molecule has 0 aliphatic carbocycles. The number of hydrogen-bond acceptors (Lipinski definition) is 7. The number of methoxy groups -OCH3 is 1. The fourth-order valence-corrected chi connectivity index (χ4v) is 7.15. The summed E-state index contributed by atoms with van der Waals surface area (Å²) < 4.78 is 40.0. The van der Waals surface area contributed by atoms with Crippen molar-refractivity contribution in [3.05, 3.63) is 71.7 Å². The predicted octanol–water partition coefficient (Wildman–Crippen LogP) is 4.90. The molecule has 0 radical (unpaired) electrons. The van der Waals surface area contributed by atoms with Crippen LogP contribution in [0.25, 0.3) is 10.2 Å². The summed E-state index contributed by atoms with van der Waals surface area (Å²) >= 11 is 1.42. The van der Waals surface area contributed by atoms with Gasteiger partial charge in [-0.15, -0.1) is 0 Å². The number of carbonyl (C=O) groups excluding carboxylic acids is 1. The molecular weight excluding hydrogens is 498 g/mol. The number of thiazole rings is 1. The average molecular weight is 526 g/mol. The van der Waals surface area contributed by atoms with E-state index in [4.69, 9.17) is 14.1 Å². The number of benzene rings is 2. The Bertz CT molecular complexity index is 1490. The maximum Gasteiger partial charge on any atom is 0.247 e. The fourth-order valence-electron chi connectivity index (χ4n) is 4.47. The molecule has 0 N–H and O–H groups in total. The first-order chi connectivity index (χ1) is 17.3. The van der Waals surface area contributed by atoms with Crippen LogP contribution in [0.3, 0.4) is 0 Å². The first-order valence-electron chi connectivity index (χ1n) is 11.7. The molecule has 36 heavy (non-hydrogen) atoms. The van der Waals surface area contributed by atoms with Crippen LogP contribution in [0.2, 0.25) is 0 Å². The maximum absolute atomic E-state index is 14.0. The zero-order valence-corrected chi connectivity index (χ0v) is 21.9. The molecule has 4 aromatic rings. The Kier molecular flexibility index (Phi) is 6.59. The van der Waals surface area contributed by atoms with E-state index < -0.39 is 16.1 Å². The second-order valence-corrected chi connectivity index (χ2v) is 11.7. The van der Waals surface area contributed by atoms with Crippen molar-refractivity contribution in [3.8, 4) is 5.75 Å². The van der Waals surface area contributed by atoms with E-state index in [1.807, 2.05) is 26.0 Å². The number of nitrogens with zero attached hydrogens (tertiary/aromatic N) is 3. The molecule has 0 saturated carbocycles. The summed E-state index contributed by atoms with van der Waals surface area (Å²) in [5.41, 5.74) is 3.03. The number of fused-ring (bicyclic) bond motifs is 1. The van der Waals surface area contributed by atoms with E-state index in [9.17, 15) is 13.2 Å². The lowest BCUT2D eigenvalue weighted by atomic mass is 10.1. The molecule has 2 aromatic heterocycles. The van der Waals surface area contributed by atoms with Gasteiger partial charge in [0.25, 0.3) is 0 Å². The van der Waals surface area contributed by atoms with E-state index in [1.54, 1.807) is 35.4 Å². The number of rotatable bonds is 7. The van der Waals surface area contributed by atoms with Crippen LogP contribution in [-0.2, 0) is 21.4 Å². The normalized spacial score (nSPS) is 16.5. The van der Waals surface area contributed by atoms with Gasteiger partial charge in [0.05, 0.1) is 35.0 Å². The molecule has 188 valence electrons. The summed E-state index contributed by atoms with van der Waals surface area (Å²) in [5.74, 6) is 0.849. The smallest absolute Gasteiger partial charge is 0.247 e. The van der Waals surface area contributed by atoms with Gasteiger partial charge in [0.2, 0.25) is 15.9 Å². The molecule has 1 atom stereocenters. The minimum atomic E-state index is -3.88. The number of aryl methyl sites for hydroxylation is 2. The summed E-state index contributed by atoms with van der Waals surface area (Å²) in [4.78, 5) is 20.5. The summed E-state index contributed by atoms with van der Waals surface area (Å²) in [7, 11) is -2.36. The Morgan fingerprint density at radius 3 is 2.67 bits per heavy atom. The second kappa shape index (κ2) is 9.68. The minimum absolute atomic E-state index is 0.131. The number of carbonyl (C=O) groups is 1. The molecule has 3 heterocycles. The third-order valence-corrected chi connectivity index (χ3v) is 9.59. The highest BCUT2D eigenvalue weighted by molar-refractivity contribution is 7.89. The zero-order valence-electron chi connectivity index (χ0n) is 20.3. The van der Waals surface area contributed by atoms with Gasteiger partial charge >= 0.3 is 0 Å². The number of furan rings is 1. The molecule has 10 heteroatoms. The molecule has 8 nitrogen and oxygen atoms in total. The number of amides is 1. The molecule has 1 amide bonds. The monoisotopic (exact) mass is 525 g/mol. The third kappa shape index (κ3) is 4.40. The Balaban J connectivity index is 1.51. The Hall–Kier alpha value is -3.21. The highest BCUT2D eigenvalue weighted by Gasteiger charge is 2.42. The van der Waals surface area contributed by atoms with Gasteiger partial charge in [-0.1, -0.05) is 17.4 Å². The van der Waals surface area contributed by atoms with E-state index in [0.717, 1.165) is 21.3 Å². The molecule has 1 aliphatic heterocycles. The molecule has 1 fully saturated rings. The summed E-state index contributed by atoms with van der Waals surface area (Å²) in [6.07, 6.45) is 2.59. The summed E-state index contributed by atoms with van der Waals surface area (Å²) in [6, 6.07) is 13.0. The SMILES string of the molecule is COc1ccc(S(=O)(=O)N2CCCC2C(=O)N(Cc2ccco2)c2nc3c(C)c(C)ccc3s2)cc1. The van der Waals surface area contributed by atoms with Crippen LogP contribution in [0.4, 0.5) is 5.13 Å². The van der Waals surface area contributed by atoms with E-state index >= 15 is 0 Å².